The third-order valence-corrected chi connectivity index (χ3v) is 3.08. The van der Waals surface area contributed by atoms with Crippen molar-refractivity contribution in [2.45, 2.75) is 11.2 Å². The molecular weight excluding hydrogens is 274 g/mol. The maximum absolute atomic E-state index is 11.6. The van der Waals surface area contributed by atoms with Crippen LogP contribution < -0.4 is 0 Å². The van der Waals surface area contributed by atoms with Crippen molar-refractivity contribution in [1.82, 2.24) is 0 Å². The third kappa shape index (κ3) is 2.72. The number of rotatable bonds is 3. The number of hydrogen-bond donors (Lipinski definition) is 0. The highest BCUT2D eigenvalue weighted by Gasteiger charge is 2.36. The van der Waals surface area contributed by atoms with Crippen molar-refractivity contribution >= 4 is 27.6 Å². The summed E-state index contributed by atoms with van der Waals surface area (Å²) in [4.78, 5) is 16.3. The highest BCUT2D eigenvalue weighted by atomic mass is 79.9. The molecule has 5 heteroatoms. The summed E-state index contributed by atoms with van der Waals surface area (Å²) in [5.74, 6) is -0.706. The standard InChI is InChI=1S/C11H14BrNO3/c1-11(12)7-5-4-6-8(11)9(13-16-3)10(14)15-2/h4-8H,1-3H3. The Labute approximate surface area is 103 Å². The van der Waals surface area contributed by atoms with Crippen molar-refractivity contribution in [2.75, 3.05) is 14.2 Å². The van der Waals surface area contributed by atoms with Crippen LogP contribution >= 0.6 is 15.9 Å². The molecule has 0 amide bonds. The lowest BCUT2D eigenvalue weighted by Gasteiger charge is -2.28. The van der Waals surface area contributed by atoms with Crippen molar-refractivity contribution in [3.05, 3.63) is 24.3 Å². The van der Waals surface area contributed by atoms with Crippen LogP contribution in [0.4, 0.5) is 0 Å². The van der Waals surface area contributed by atoms with Gasteiger partial charge in [-0.15, -0.1) is 0 Å². The number of carbonyl (C=O) groups excluding carboxylic acids is 1. The summed E-state index contributed by atoms with van der Waals surface area (Å²) in [5, 5.41) is 3.74. The molecule has 0 saturated heterocycles. The topological polar surface area (TPSA) is 47.9 Å². The van der Waals surface area contributed by atoms with Crippen LogP contribution in [0.2, 0.25) is 0 Å². The van der Waals surface area contributed by atoms with Crippen molar-refractivity contribution in [3.8, 4) is 0 Å². The van der Waals surface area contributed by atoms with Crippen molar-refractivity contribution < 1.29 is 14.4 Å². The minimum absolute atomic E-state index is 0.218. The number of nitrogens with zero attached hydrogens (tertiary/aromatic N) is 1. The van der Waals surface area contributed by atoms with Crippen LogP contribution in [0.15, 0.2) is 29.5 Å². The minimum atomic E-state index is -0.488. The lowest BCUT2D eigenvalue weighted by Crippen LogP contribution is -2.37. The molecule has 0 aromatic heterocycles. The van der Waals surface area contributed by atoms with E-state index >= 15 is 0 Å². The summed E-state index contributed by atoms with van der Waals surface area (Å²) in [6.45, 7) is 1.95. The highest BCUT2D eigenvalue weighted by Crippen LogP contribution is 2.34. The Morgan fingerprint density at radius 1 is 1.44 bits per heavy atom. The van der Waals surface area contributed by atoms with Gasteiger partial charge in [-0.05, 0) is 6.92 Å². The lowest BCUT2D eigenvalue weighted by atomic mass is 9.86. The molecule has 0 spiro atoms. The zero-order valence-corrected chi connectivity index (χ0v) is 11.0. The van der Waals surface area contributed by atoms with Gasteiger partial charge in [0.05, 0.1) is 11.4 Å². The molecule has 2 atom stereocenters. The average molecular weight is 288 g/mol. The SMILES string of the molecule is CON=C(C(=O)OC)C1C=CC=CC1(C)Br. The van der Waals surface area contributed by atoms with E-state index in [1.54, 1.807) is 0 Å². The number of alkyl halides is 1. The molecular formula is C11H14BrNO3. The second-order valence-electron chi connectivity index (χ2n) is 3.52. The Balaban J connectivity index is 3.04. The fourth-order valence-corrected chi connectivity index (χ4v) is 2.02. The Bertz CT molecular complexity index is 358. The van der Waals surface area contributed by atoms with Crippen LogP contribution in [-0.4, -0.2) is 30.2 Å². The smallest absolute Gasteiger partial charge is 0.356 e. The minimum Gasteiger partial charge on any atom is -0.464 e. The van der Waals surface area contributed by atoms with Gasteiger partial charge >= 0.3 is 5.97 Å². The van der Waals surface area contributed by atoms with Crippen molar-refractivity contribution in [3.63, 3.8) is 0 Å². The van der Waals surface area contributed by atoms with E-state index < -0.39 is 5.97 Å². The van der Waals surface area contributed by atoms with E-state index in [0.29, 0.717) is 0 Å². The summed E-state index contributed by atoms with van der Waals surface area (Å²) in [6.07, 6.45) is 7.60. The molecule has 0 N–H and O–H groups in total. The second-order valence-corrected chi connectivity index (χ2v) is 5.23. The number of esters is 1. The number of halogens is 1. The zero-order valence-electron chi connectivity index (χ0n) is 9.44. The van der Waals surface area contributed by atoms with Gasteiger partial charge in [0.15, 0.2) is 5.71 Å². The molecule has 0 aliphatic heterocycles. The van der Waals surface area contributed by atoms with E-state index in [9.17, 15) is 4.79 Å². The summed E-state index contributed by atoms with van der Waals surface area (Å²) in [6, 6.07) is 0. The van der Waals surface area contributed by atoms with Gasteiger partial charge < -0.3 is 9.57 Å². The van der Waals surface area contributed by atoms with E-state index in [0.717, 1.165) is 0 Å². The van der Waals surface area contributed by atoms with Gasteiger partial charge in [-0.3, -0.25) is 0 Å². The monoisotopic (exact) mass is 287 g/mol. The van der Waals surface area contributed by atoms with Crippen LogP contribution in [-0.2, 0) is 14.4 Å². The quantitative estimate of drug-likeness (QED) is 0.346. The molecule has 1 aliphatic carbocycles. The second kappa shape index (κ2) is 5.30. The van der Waals surface area contributed by atoms with Crippen LogP contribution in [0.25, 0.3) is 0 Å². The van der Waals surface area contributed by atoms with Gasteiger partial charge in [0.2, 0.25) is 0 Å². The maximum Gasteiger partial charge on any atom is 0.356 e. The largest absolute Gasteiger partial charge is 0.464 e. The van der Waals surface area contributed by atoms with Crippen LogP contribution in [0, 0.1) is 5.92 Å². The molecule has 0 aromatic rings. The summed E-state index contributed by atoms with van der Waals surface area (Å²) >= 11 is 3.54. The van der Waals surface area contributed by atoms with Crippen LogP contribution in [0.1, 0.15) is 6.92 Å². The first-order valence-corrected chi connectivity index (χ1v) is 5.56. The Morgan fingerprint density at radius 2 is 2.12 bits per heavy atom. The van der Waals surface area contributed by atoms with Gasteiger partial charge in [0.1, 0.15) is 7.11 Å². The summed E-state index contributed by atoms with van der Waals surface area (Å²) in [5.41, 5.74) is 0.241. The fourth-order valence-electron chi connectivity index (χ4n) is 1.49. The first-order valence-electron chi connectivity index (χ1n) is 4.77. The molecule has 0 bridgehead atoms. The summed E-state index contributed by atoms with van der Waals surface area (Å²) in [7, 11) is 2.72. The van der Waals surface area contributed by atoms with Crippen LogP contribution in [0.3, 0.4) is 0 Å². The molecule has 0 fully saturated rings. The van der Waals surface area contributed by atoms with Gasteiger partial charge in [-0.2, -0.15) is 0 Å². The average Bonchev–Trinajstić information content (AvgIpc) is 2.25. The molecule has 4 nitrogen and oxygen atoms in total. The molecule has 0 heterocycles. The predicted molar refractivity (Wildman–Crippen MR) is 65.6 cm³/mol. The first-order chi connectivity index (χ1) is 7.53. The number of hydrogen-bond acceptors (Lipinski definition) is 4. The van der Waals surface area contributed by atoms with Crippen LogP contribution in [0.5, 0.6) is 0 Å². The number of oxime groups is 1. The maximum atomic E-state index is 11.6. The molecule has 2 unspecified atom stereocenters. The number of carbonyl (C=O) groups is 1. The number of ether oxygens (including phenoxy) is 1. The Morgan fingerprint density at radius 3 is 2.62 bits per heavy atom. The first kappa shape index (κ1) is 13.0. The molecule has 0 radical (unpaired) electrons. The van der Waals surface area contributed by atoms with Gasteiger partial charge in [-0.25, -0.2) is 4.79 Å². The van der Waals surface area contributed by atoms with E-state index in [1.165, 1.54) is 14.2 Å². The Kier molecular flexibility index (Phi) is 4.29. The predicted octanol–water partition coefficient (Wildman–Crippen LogP) is 2.06. The van der Waals surface area contributed by atoms with Crippen molar-refractivity contribution in [1.29, 1.82) is 0 Å². The van der Waals surface area contributed by atoms with E-state index in [-0.39, 0.29) is 16.0 Å². The normalized spacial score (nSPS) is 29.0. The highest BCUT2D eigenvalue weighted by molar-refractivity contribution is 9.10. The lowest BCUT2D eigenvalue weighted by molar-refractivity contribution is -0.133. The molecule has 0 saturated carbocycles. The van der Waals surface area contributed by atoms with E-state index in [2.05, 4.69) is 30.7 Å². The van der Waals surface area contributed by atoms with E-state index in [4.69, 9.17) is 0 Å². The molecule has 1 aliphatic rings. The third-order valence-electron chi connectivity index (χ3n) is 2.32. The zero-order chi connectivity index (χ0) is 12.2. The van der Waals surface area contributed by atoms with E-state index in [1.807, 2.05) is 31.2 Å². The van der Waals surface area contributed by atoms with Gasteiger partial charge in [-0.1, -0.05) is 45.4 Å². The fraction of sp³-hybridized carbons (Fsp3) is 0.455. The molecule has 16 heavy (non-hydrogen) atoms. The van der Waals surface area contributed by atoms with Gasteiger partial charge in [0.25, 0.3) is 0 Å². The summed E-state index contributed by atoms with van der Waals surface area (Å²) < 4.78 is 4.32. The number of allylic oxidation sites excluding steroid dienone is 4. The van der Waals surface area contributed by atoms with Crippen molar-refractivity contribution in [2.24, 2.45) is 11.1 Å². The Hall–Kier alpha value is -1.10. The molecule has 88 valence electrons. The van der Waals surface area contributed by atoms with Gasteiger partial charge in [0, 0.05) is 5.92 Å². The molecule has 1 rings (SSSR count). The molecule has 0 aromatic carbocycles. The number of methoxy groups -OCH3 is 1.